The molecule has 0 spiro atoms. The maximum atomic E-state index is 12.7. The van der Waals surface area contributed by atoms with Gasteiger partial charge in [0.25, 0.3) is 5.91 Å². The van der Waals surface area contributed by atoms with Gasteiger partial charge in [-0.25, -0.2) is 4.98 Å². The van der Waals surface area contributed by atoms with Crippen molar-refractivity contribution in [3.05, 3.63) is 15.6 Å². The van der Waals surface area contributed by atoms with Gasteiger partial charge < -0.3 is 15.1 Å². The SMILES string of the molecule is CCc1nc(C)c(C(=O)N2CCN3C(=O)CNC(=O)C3C2)s1. The average Bonchev–Trinajstić information content (AvgIpc) is 2.91. The molecule has 0 radical (unpaired) electrons. The van der Waals surface area contributed by atoms with Crippen LogP contribution in [0.3, 0.4) is 0 Å². The Bertz CT molecular complexity index is 642. The van der Waals surface area contributed by atoms with Crippen LogP contribution in [0.2, 0.25) is 0 Å². The summed E-state index contributed by atoms with van der Waals surface area (Å²) in [6, 6.07) is -0.571. The van der Waals surface area contributed by atoms with E-state index in [-0.39, 0.29) is 30.8 Å². The summed E-state index contributed by atoms with van der Waals surface area (Å²) in [6.45, 7) is 4.99. The van der Waals surface area contributed by atoms with Crippen molar-refractivity contribution in [3.63, 3.8) is 0 Å². The molecule has 2 saturated heterocycles. The molecule has 3 amide bonds. The zero-order chi connectivity index (χ0) is 15.9. The number of aryl methyl sites for hydroxylation is 2. The summed E-state index contributed by atoms with van der Waals surface area (Å²) in [7, 11) is 0. The van der Waals surface area contributed by atoms with E-state index in [9.17, 15) is 14.4 Å². The van der Waals surface area contributed by atoms with Gasteiger partial charge in [-0.3, -0.25) is 14.4 Å². The standard InChI is InChI=1S/C14H18N4O3S/c1-3-10-16-8(2)12(22-10)14(21)17-4-5-18-9(7-17)13(20)15-6-11(18)19/h9H,3-7H2,1-2H3,(H,15,20). The Morgan fingerprint density at radius 3 is 2.86 bits per heavy atom. The van der Waals surface area contributed by atoms with Gasteiger partial charge in [-0.15, -0.1) is 11.3 Å². The highest BCUT2D eigenvalue weighted by atomic mass is 32.1. The third-order valence-electron chi connectivity index (χ3n) is 4.04. The van der Waals surface area contributed by atoms with Crippen LogP contribution in [0, 0.1) is 6.92 Å². The normalized spacial score (nSPS) is 21.6. The Morgan fingerprint density at radius 2 is 2.18 bits per heavy atom. The topological polar surface area (TPSA) is 82.6 Å². The van der Waals surface area contributed by atoms with Crippen molar-refractivity contribution in [1.29, 1.82) is 0 Å². The number of carbonyl (C=O) groups excluding carboxylic acids is 3. The van der Waals surface area contributed by atoms with Crippen molar-refractivity contribution in [2.75, 3.05) is 26.2 Å². The Morgan fingerprint density at radius 1 is 1.41 bits per heavy atom. The molecule has 0 aliphatic carbocycles. The smallest absolute Gasteiger partial charge is 0.266 e. The van der Waals surface area contributed by atoms with Crippen LogP contribution < -0.4 is 5.32 Å². The van der Waals surface area contributed by atoms with Crippen LogP contribution in [0.4, 0.5) is 0 Å². The van der Waals surface area contributed by atoms with Crippen LogP contribution in [0.15, 0.2) is 0 Å². The molecule has 1 unspecified atom stereocenters. The lowest BCUT2D eigenvalue weighted by Crippen LogP contribution is -2.66. The lowest BCUT2D eigenvalue weighted by molar-refractivity contribution is -0.148. The fourth-order valence-electron chi connectivity index (χ4n) is 2.82. The molecule has 1 atom stereocenters. The molecule has 7 nitrogen and oxygen atoms in total. The van der Waals surface area contributed by atoms with E-state index < -0.39 is 6.04 Å². The lowest BCUT2D eigenvalue weighted by Gasteiger charge is -2.42. The van der Waals surface area contributed by atoms with Crippen LogP contribution in [-0.4, -0.2) is 64.7 Å². The van der Waals surface area contributed by atoms with Crippen molar-refractivity contribution in [1.82, 2.24) is 20.1 Å². The first-order valence-electron chi connectivity index (χ1n) is 7.34. The highest BCUT2D eigenvalue weighted by Gasteiger charge is 2.40. The number of carbonyl (C=O) groups is 3. The molecule has 22 heavy (non-hydrogen) atoms. The molecule has 1 aromatic rings. The monoisotopic (exact) mass is 322 g/mol. The molecule has 2 aliphatic heterocycles. The molecule has 1 aromatic heterocycles. The Hall–Kier alpha value is -1.96. The first-order valence-corrected chi connectivity index (χ1v) is 8.15. The molecule has 8 heteroatoms. The summed E-state index contributed by atoms with van der Waals surface area (Å²) in [4.78, 5) is 44.7. The lowest BCUT2D eigenvalue weighted by atomic mass is 10.1. The second-order valence-electron chi connectivity index (χ2n) is 5.45. The van der Waals surface area contributed by atoms with Crippen molar-refractivity contribution in [3.8, 4) is 0 Å². The minimum Gasteiger partial charge on any atom is -0.345 e. The molecule has 0 aromatic carbocycles. The van der Waals surface area contributed by atoms with E-state index in [0.29, 0.717) is 18.0 Å². The summed E-state index contributed by atoms with van der Waals surface area (Å²) in [5.41, 5.74) is 0.735. The summed E-state index contributed by atoms with van der Waals surface area (Å²) in [5.74, 6) is -0.369. The molecular weight excluding hydrogens is 304 g/mol. The summed E-state index contributed by atoms with van der Waals surface area (Å²) in [6.07, 6.45) is 0.798. The quantitative estimate of drug-likeness (QED) is 0.817. The number of nitrogens with zero attached hydrogens (tertiary/aromatic N) is 3. The largest absolute Gasteiger partial charge is 0.345 e. The van der Waals surface area contributed by atoms with Crippen molar-refractivity contribution < 1.29 is 14.4 Å². The van der Waals surface area contributed by atoms with E-state index in [1.165, 1.54) is 11.3 Å². The van der Waals surface area contributed by atoms with Crippen molar-refractivity contribution >= 4 is 29.1 Å². The molecule has 1 N–H and O–H groups in total. The summed E-state index contributed by atoms with van der Waals surface area (Å²) in [5, 5.41) is 3.51. The van der Waals surface area contributed by atoms with Gasteiger partial charge in [0.2, 0.25) is 11.8 Å². The molecule has 0 saturated carbocycles. The number of aromatic nitrogens is 1. The van der Waals surface area contributed by atoms with Gasteiger partial charge in [0.1, 0.15) is 10.9 Å². The van der Waals surface area contributed by atoms with Gasteiger partial charge in [0.15, 0.2) is 0 Å². The van der Waals surface area contributed by atoms with Gasteiger partial charge in [-0.05, 0) is 13.3 Å². The minimum atomic E-state index is -0.571. The van der Waals surface area contributed by atoms with E-state index in [1.807, 2.05) is 13.8 Å². The van der Waals surface area contributed by atoms with Gasteiger partial charge >= 0.3 is 0 Å². The number of hydrogen-bond donors (Lipinski definition) is 1. The summed E-state index contributed by atoms with van der Waals surface area (Å²) < 4.78 is 0. The number of thiazole rings is 1. The molecule has 3 heterocycles. The third kappa shape index (κ3) is 2.47. The molecule has 2 fully saturated rings. The Kier molecular flexibility index (Phi) is 3.86. The fourth-order valence-corrected chi connectivity index (χ4v) is 3.79. The second kappa shape index (κ2) is 5.68. The van der Waals surface area contributed by atoms with E-state index in [1.54, 1.807) is 9.80 Å². The first kappa shape index (κ1) is 15.0. The molecule has 3 rings (SSSR count). The fraction of sp³-hybridized carbons (Fsp3) is 0.571. The van der Waals surface area contributed by atoms with Crippen LogP contribution in [-0.2, 0) is 16.0 Å². The highest BCUT2D eigenvalue weighted by Crippen LogP contribution is 2.22. The summed E-state index contributed by atoms with van der Waals surface area (Å²) >= 11 is 1.41. The van der Waals surface area contributed by atoms with Crippen LogP contribution >= 0.6 is 11.3 Å². The Labute approximate surface area is 132 Å². The van der Waals surface area contributed by atoms with Crippen LogP contribution in [0.1, 0.15) is 27.3 Å². The number of fused-ring (bicyclic) bond motifs is 1. The average molecular weight is 322 g/mol. The van der Waals surface area contributed by atoms with Gasteiger partial charge in [-0.2, -0.15) is 0 Å². The van der Waals surface area contributed by atoms with Gasteiger partial charge in [-0.1, -0.05) is 6.92 Å². The second-order valence-corrected chi connectivity index (χ2v) is 6.53. The van der Waals surface area contributed by atoms with Gasteiger partial charge in [0.05, 0.1) is 23.8 Å². The van der Waals surface area contributed by atoms with Gasteiger partial charge in [0, 0.05) is 13.1 Å². The van der Waals surface area contributed by atoms with E-state index in [2.05, 4.69) is 10.3 Å². The van der Waals surface area contributed by atoms with E-state index >= 15 is 0 Å². The highest BCUT2D eigenvalue weighted by molar-refractivity contribution is 7.13. The number of hydrogen-bond acceptors (Lipinski definition) is 5. The maximum absolute atomic E-state index is 12.7. The molecule has 2 aliphatic rings. The zero-order valence-corrected chi connectivity index (χ0v) is 13.4. The minimum absolute atomic E-state index is 0.0527. The van der Waals surface area contributed by atoms with Crippen LogP contribution in [0.5, 0.6) is 0 Å². The van der Waals surface area contributed by atoms with Crippen molar-refractivity contribution in [2.24, 2.45) is 0 Å². The van der Waals surface area contributed by atoms with E-state index in [0.717, 1.165) is 17.1 Å². The first-order chi connectivity index (χ1) is 10.5. The maximum Gasteiger partial charge on any atom is 0.266 e. The predicted molar refractivity (Wildman–Crippen MR) is 80.6 cm³/mol. The number of rotatable bonds is 2. The van der Waals surface area contributed by atoms with E-state index in [4.69, 9.17) is 0 Å². The molecule has 0 bridgehead atoms. The number of amides is 3. The Balaban J connectivity index is 1.78. The van der Waals surface area contributed by atoms with Crippen LogP contribution in [0.25, 0.3) is 0 Å². The van der Waals surface area contributed by atoms with Crippen molar-refractivity contribution in [2.45, 2.75) is 26.3 Å². The molecule has 118 valence electrons. The predicted octanol–water partition coefficient (Wildman–Crippen LogP) is -0.203. The third-order valence-corrected chi connectivity index (χ3v) is 5.33. The molecular formula is C14H18N4O3S. The number of piperazine rings is 2. The number of nitrogens with one attached hydrogen (secondary N) is 1. The zero-order valence-electron chi connectivity index (χ0n) is 12.6.